The average Bonchev–Trinajstić information content (AvgIpc) is 2.64. The molecule has 0 spiro atoms. The molecule has 29 heavy (non-hydrogen) atoms. The summed E-state index contributed by atoms with van der Waals surface area (Å²) in [6.07, 6.45) is 6.33. The number of amidine groups is 1. The second-order valence-corrected chi connectivity index (χ2v) is 5.74. The maximum Gasteiger partial charge on any atom is 2.00 e. The van der Waals surface area contributed by atoms with E-state index in [9.17, 15) is 8.78 Å². The molecule has 0 atom stereocenters. The van der Waals surface area contributed by atoms with Gasteiger partial charge in [-0.2, -0.15) is 6.42 Å². The Labute approximate surface area is 195 Å². The fraction of sp³-hybridized carbons (Fsp3) is 0.238. The van der Waals surface area contributed by atoms with Crippen molar-refractivity contribution in [3.8, 4) is 0 Å². The number of nitrogens with one attached hydrogen (secondary N) is 1. The van der Waals surface area contributed by atoms with Crippen molar-refractivity contribution in [1.82, 2.24) is 10.3 Å². The molecular weight excluding hydrogens is 600 g/mol. The summed E-state index contributed by atoms with van der Waals surface area (Å²) < 4.78 is 31.5. The molecule has 1 heterocycles. The number of aliphatic imine (C=N–C) groups is 1. The molecule has 0 radical (unpaired) electrons. The molecule has 1 aromatic heterocycles. The Bertz CT molecular complexity index is 828. The summed E-state index contributed by atoms with van der Waals surface area (Å²) in [7, 11) is 1.60. The van der Waals surface area contributed by atoms with Gasteiger partial charge in [0.05, 0.1) is 18.0 Å². The predicted octanol–water partition coefficient (Wildman–Crippen LogP) is 4.19. The molecule has 8 heteroatoms. The van der Waals surface area contributed by atoms with Crippen molar-refractivity contribution < 1.29 is 44.6 Å². The number of nitrogens with two attached hydrogens (primary N) is 1. The van der Waals surface area contributed by atoms with Gasteiger partial charge in [-0.3, -0.25) is 4.98 Å². The number of ether oxygens (including phenoxy) is 1. The van der Waals surface area contributed by atoms with Crippen LogP contribution in [0.3, 0.4) is 0 Å². The molecule has 2 rings (SSSR count). The Morgan fingerprint density at radius 3 is 2.69 bits per heavy atom. The van der Waals surface area contributed by atoms with Crippen LogP contribution in [0.1, 0.15) is 24.6 Å². The minimum absolute atomic E-state index is 0. The number of hydrogen-bond donors (Lipinski definition) is 2. The molecule has 0 saturated heterocycles. The largest absolute Gasteiger partial charge is 2.00 e. The smallest absolute Gasteiger partial charge is 0.414 e. The van der Waals surface area contributed by atoms with E-state index in [-0.39, 0.29) is 50.1 Å². The van der Waals surface area contributed by atoms with Crippen molar-refractivity contribution in [2.24, 2.45) is 10.7 Å². The third-order valence-electron chi connectivity index (χ3n) is 3.60. The Balaban J connectivity index is 0.00000392. The molecular formula is C21H26F2N4OU. The van der Waals surface area contributed by atoms with Crippen molar-refractivity contribution in [2.75, 3.05) is 13.7 Å². The Hall–Kier alpha value is -1.75. The van der Waals surface area contributed by atoms with Crippen LogP contribution in [-0.2, 0) is 11.3 Å². The van der Waals surface area contributed by atoms with Gasteiger partial charge in [-0.25, -0.2) is 13.8 Å². The van der Waals surface area contributed by atoms with Gasteiger partial charge in [0.2, 0.25) is 0 Å². The van der Waals surface area contributed by atoms with Crippen LogP contribution in [0.5, 0.6) is 0 Å². The molecule has 1 aromatic carbocycles. The molecule has 3 N–H and O–H groups in total. The van der Waals surface area contributed by atoms with Crippen LogP contribution in [-0.4, -0.2) is 24.5 Å². The fourth-order valence-electron chi connectivity index (χ4n) is 2.32. The molecule has 0 bridgehead atoms. The first-order valence-corrected chi connectivity index (χ1v) is 8.54. The third kappa shape index (κ3) is 9.07. The van der Waals surface area contributed by atoms with E-state index < -0.39 is 11.6 Å². The van der Waals surface area contributed by atoms with Crippen LogP contribution in [0.15, 0.2) is 47.6 Å². The molecule has 0 unspecified atom stereocenters. The summed E-state index contributed by atoms with van der Waals surface area (Å²) >= 11 is 0. The zero-order valence-electron chi connectivity index (χ0n) is 16.9. The average molecular weight is 626 g/mol. The van der Waals surface area contributed by atoms with Crippen molar-refractivity contribution in [3.05, 3.63) is 79.3 Å². The minimum atomic E-state index is -0.970. The van der Waals surface area contributed by atoms with Gasteiger partial charge >= 0.3 is 31.1 Å². The number of halogens is 2. The minimum Gasteiger partial charge on any atom is -0.414 e. The Morgan fingerprint density at radius 2 is 2.03 bits per heavy atom. The van der Waals surface area contributed by atoms with E-state index in [1.54, 1.807) is 19.4 Å². The summed E-state index contributed by atoms with van der Waals surface area (Å²) in [5.41, 5.74) is 8.61. The first kappa shape index (κ1) is 27.3. The van der Waals surface area contributed by atoms with E-state index in [4.69, 9.17) is 10.5 Å². The molecule has 5 nitrogen and oxygen atoms in total. The zero-order valence-corrected chi connectivity index (χ0v) is 21.0. The maximum atomic E-state index is 13.3. The molecule has 0 amide bonds. The number of hydrogen-bond acceptors (Lipinski definition) is 4. The number of pyridine rings is 1. The van der Waals surface area contributed by atoms with Gasteiger partial charge in [0.25, 0.3) is 0 Å². The van der Waals surface area contributed by atoms with Gasteiger partial charge in [-0.15, -0.1) is 6.54 Å². The summed E-state index contributed by atoms with van der Waals surface area (Å²) in [5.74, 6) is -1.74. The fourth-order valence-corrected chi connectivity index (χ4v) is 2.32. The van der Waals surface area contributed by atoms with Gasteiger partial charge in [-0.05, 0) is 24.3 Å². The molecule has 0 saturated carbocycles. The van der Waals surface area contributed by atoms with Crippen LogP contribution in [0, 0.1) is 56.6 Å². The Kier molecular flexibility index (Phi) is 13.4. The second-order valence-electron chi connectivity index (χ2n) is 5.74. The number of methoxy groups -OCH3 is 1. The van der Waals surface area contributed by atoms with Gasteiger partial charge in [0.15, 0.2) is 11.6 Å². The Morgan fingerprint density at radius 1 is 1.28 bits per heavy atom. The zero-order chi connectivity index (χ0) is 19.6. The van der Waals surface area contributed by atoms with E-state index in [0.717, 1.165) is 35.5 Å². The number of benzene rings is 1. The normalized spacial score (nSPS) is 11.4. The molecule has 2 aromatic rings. The van der Waals surface area contributed by atoms with Crippen molar-refractivity contribution in [1.29, 1.82) is 0 Å². The van der Waals surface area contributed by atoms with E-state index in [1.807, 2.05) is 19.1 Å². The molecule has 154 valence electrons. The summed E-state index contributed by atoms with van der Waals surface area (Å²) in [5, 5.41) is 3.29. The van der Waals surface area contributed by atoms with Gasteiger partial charge < -0.3 is 29.6 Å². The molecule has 0 fully saturated rings. The van der Waals surface area contributed by atoms with Gasteiger partial charge in [0, 0.05) is 36.7 Å². The van der Waals surface area contributed by atoms with Crippen LogP contribution in [0.25, 0.3) is 5.70 Å². The van der Waals surface area contributed by atoms with Crippen LogP contribution >= 0.6 is 0 Å². The summed E-state index contributed by atoms with van der Waals surface area (Å²) in [4.78, 5) is 8.38. The van der Waals surface area contributed by atoms with Gasteiger partial charge in [0.1, 0.15) is 5.84 Å². The van der Waals surface area contributed by atoms with Crippen molar-refractivity contribution >= 4 is 17.2 Å². The van der Waals surface area contributed by atoms with E-state index in [0.29, 0.717) is 13.2 Å². The molecule has 0 aliphatic carbocycles. The maximum absolute atomic E-state index is 13.3. The first-order valence-electron chi connectivity index (χ1n) is 8.54. The first-order chi connectivity index (χ1) is 13.0. The monoisotopic (exact) mass is 626 g/mol. The molecule has 0 aliphatic heterocycles. The van der Waals surface area contributed by atoms with E-state index in [1.165, 1.54) is 6.07 Å². The van der Waals surface area contributed by atoms with Crippen molar-refractivity contribution in [3.63, 3.8) is 0 Å². The number of nitrogens with zero attached hydrogens (tertiary/aromatic N) is 2. The summed E-state index contributed by atoms with van der Waals surface area (Å²) in [6, 6.07) is 7.10. The predicted molar refractivity (Wildman–Crippen MR) is 110 cm³/mol. The standard InChI is InChI=1S/C20H23F2N4O.CH3.U/c1-3-4-8-25-19(14-7-9-24-16(10-14)13-27-2)12-20(23)26-15-5-6-17(21)18(22)11-15;;/h4-7,9-12,25H,3,8,13H2,1-2H3,(H2,23,26);1H3;/q2*-1;+2/b19-12-;;. The quantitative estimate of drug-likeness (QED) is 0.190. The van der Waals surface area contributed by atoms with Crippen molar-refractivity contribution in [2.45, 2.75) is 20.0 Å². The number of aromatic nitrogens is 1. The SMILES string of the molecule is CC[CH-]CN/C(=C\C(N)=Nc1ccc(F)c(F)c1)c1ccnc(COC)c1.[CH3-].[U+2]. The van der Waals surface area contributed by atoms with Gasteiger partial charge in [-0.1, -0.05) is 6.92 Å². The topological polar surface area (TPSA) is 72.5 Å². The second kappa shape index (κ2) is 14.3. The number of rotatable bonds is 9. The van der Waals surface area contributed by atoms with Crippen LogP contribution in [0.4, 0.5) is 14.5 Å². The van der Waals surface area contributed by atoms with E-state index >= 15 is 0 Å². The van der Waals surface area contributed by atoms with E-state index in [2.05, 4.69) is 21.7 Å². The third-order valence-corrected chi connectivity index (χ3v) is 3.60. The molecule has 0 aliphatic rings. The van der Waals surface area contributed by atoms with Crippen LogP contribution < -0.4 is 11.1 Å². The summed E-state index contributed by atoms with van der Waals surface area (Å²) in [6.45, 7) is 3.08. The number of unbranched alkanes of at least 4 members (excludes halogenated alkanes) is 1. The van der Waals surface area contributed by atoms with Crippen LogP contribution in [0.2, 0.25) is 0 Å².